The van der Waals surface area contributed by atoms with E-state index in [9.17, 15) is 51.8 Å². The fraction of sp³-hybridized carbons (Fsp3) is 0.286. The van der Waals surface area contributed by atoms with Gasteiger partial charge in [-0.3, -0.25) is 29.0 Å². The first-order chi connectivity index (χ1) is 40.6. The van der Waals surface area contributed by atoms with E-state index in [0.29, 0.717) is 59.0 Å². The van der Waals surface area contributed by atoms with Crippen LogP contribution in [0.25, 0.3) is 33.6 Å². The number of aliphatic hydroxyl groups excluding tert-OH is 1. The normalized spacial score (nSPS) is 18.6. The van der Waals surface area contributed by atoms with Gasteiger partial charge in [-0.2, -0.15) is 0 Å². The van der Waals surface area contributed by atoms with Crippen LogP contribution in [0, 0.1) is 45.9 Å². The predicted octanol–water partition coefficient (Wildman–Crippen LogP) is 10.2. The van der Waals surface area contributed by atoms with Crippen molar-refractivity contribution in [1.29, 1.82) is 0 Å². The second kappa shape index (κ2) is 24.2. The standard InChI is InChI=1S/C28H26N6O7S.C21H23N5O3S.C7H4ClNO4/c1-3-18-14-21(41-28(35)40-20-8-6-19(7-9-20)34(36)37)15-23(18)26-31-30-25-16-29-27-24(33(25)26)12-13-32(27)42(38,39)22-10-4-17(2)5-11-22;1-3-14-10-15(27)11-17(14)20-24-23-19-12-22-21-18(26(19)20)8-9-25(21)30(28,29)16-6-4-13(2)5-7-16;8-7(10)13-6-3-1-5(2-4-6)9(11)12/h4-13,16,18,21,23H,3,14-15H2,1-2H3;4-9,12,14-15,17,27H,3,10-11H2,1-2H3;1-4H. The summed E-state index contributed by atoms with van der Waals surface area (Å²) in [5, 5.41) is 48.7. The quantitative estimate of drug-likeness (QED) is 0.0368. The summed E-state index contributed by atoms with van der Waals surface area (Å²) in [5.41, 5.74) is 3.56. The monoisotopic (exact) mass is 1220 g/mol. The number of rotatable bonds is 13. The molecular formula is C56H53ClN12O14S2. The first-order valence-corrected chi connectivity index (χ1v) is 29.9. The summed E-state index contributed by atoms with van der Waals surface area (Å²) in [5.74, 6) is 2.05. The summed E-state index contributed by atoms with van der Waals surface area (Å²) in [7, 11) is -7.68. The van der Waals surface area contributed by atoms with Gasteiger partial charge < -0.3 is 19.3 Å². The molecule has 10 aromatic rings. The lowest BCUT2D eigenvalue weighted by Crippen LogP contribution is -2.18. The van der Waals surface area contributed by atoms with Gasteiger partial charge >= 0.3 is 11.6 Å². The van der Waals surface area contributed by atoms with E-state index in [4.69, 9.17) is 21.1 Å². The topological polar surface area (TPSA) is 333 Å². The Balaban J connectivity index is 0.000000162. The highest BCUT2D eigenvalue weighted by Crippen LogP contribution is 2.44. The number of hydrogen-bond acceptors (Lipinski definition) is 20. The second-order valence-electron chi connectivity index (χ2n) is 20.4. The van der Waals surface area contributed by atoms with Gasteiger partial charge in [0.15, 0.2) is 22.6 Å². The lowest BCUT2D eigenvalue weighted by Gasteiger charge is -2.16. The Morgan fingerprint density at radius 2 is 1.02 bits per heavy atom. The Kier molecular flexibility index (Phi) is 16.7. The van der Waals surface area contributed by atoms with Crippen LogP contribution in [-0.4, -0.2) is 103 Å². The van der Waals surface area contributed by atoms with Gasteiger partial charge in [0.25, 0.3) is 31.4 Å². The van der Waals surface area contributed by atoms with Gasteiger partial charge in [0.2, 0.25) is 0 Å². The van der Waals surface area contributed by atoms with Gasteiger partial charge in [0, 0.05) is 60.1 Å². The summed E-state index contributed by atoms with van der Waals surface area (Å²) in [6.07, 6.45) is 8.46. The zero-order valence-corrected chi connectivity index (χ0v) is 48.1. The minimum Gasteiger partial charge on any atom is -0.431 e. The summed E-state index contributed by atoms with van der Waals surface area (Å²) in [6.45, 7) is 7.95. The first kappa shape index (κ1) is 58.9. The molecule has 6 heterocycles. The smallest absolute Gasteiger partial charge is 0.431 e. The van der Waals surface area contributed by atoms with Crippen LogP contribution in [0.4, 0.5) is 21.0 Å². The van der Waals surface area contributed by atoms with E-state index in [0.717, 1.165) is 40.2 Å². The Hall–Kier alpha value is -9.25. The van der Waals surface area contributed by atoms with Crippen molar-refractivity contribution in [2.75, 3.05) is 0 Å². The molecular weight excluding hydrogens is 1160 g/mol. The van der Waals surface area contributed by atoms with Crippen LogP contribution >= 0.6 is 11.6 Å². The summed E-state index contributed by atoms with van der Waals surface area (Å²) in [4.78, 5) is 51.9. The third-order valence-corrected chi connectivity index (χ3v) is 18.5. The van der Waals surface area contributed by atoms with Crippen LogP contribution in [-0.2, 0) is 24.8 Å². The van der Waals surface area contributed by atoms with Crippen molar-refractivity contribution in [1.82, 2.24) is 47.1 Å². The molecule has 0 bridgehead atoms. The molecule has 2 saturated carbocycles. The van der Waals surface area contributed by atoms with Gasteiger partial charge in [-0.1, -0.05) is 62.1 Å². The van der Waals surface area contributed by atoms with E-state index in [2.05, 4.69) is 42.0 Å². The largest absolute Gasteiger partial charge is 0.514 e. The van der Waals surface area contributed by atoms with Crippen LogP contribution in [0.1, 0.15) is 87.0 Å². The van der Waals surface area contributed by atoms with E-state index >= 15 is 0 Å². The number of aromatic nitrogens is 10. The lowest BCUT2D eigenvalue weighted by atomic mass is 9.93. The lowest BCUT2D eigenvalue weighted by molar-refractivity contribution is -0.385. The van der Waals surface area contributed by atoms with Crippen molar-refractivity contribution in [3.63, 3.8) is 0 Å². The number of benzene rings is 4. The molecule has 2 aliphatic rings. The van der Waals surface area contributed by atoms with Gasteiger partial charge in [0.05, 0.1) is 49.2 Å². The minimum absolute atomic E-state index is 0.0719. The number of ether oxygens (including phenoxy) is 3. The van der Waals surface area contributed by atoms with Gasteiger partial charge in [-0.25, -0.2) is 44.3 Å². The second-order valence-corrected chi connectivity index (χ2v) is 24.3. The van der Waals surface area contributed by atoms with Crippen LogP contribution in [0.5, 0.6) is 11.5 Å². The molecule has 26 nitrogen and oxygen atoms in total. The summed E-state index contributed by atoms with van der Waals surface area (Å²) < 4.78 is 74.7. The van der Waals surface area contributed by atoms with Gasteiger partial charge in [-0.05, 0) is 112 Å². The average molecular weight is 1220 g/mol. The zero-order valence-electron chi connectivity index (χ0n) is 45.7. The fourth-order valence-electron chi connectivity index (χ4n) is 10.8. The number of fused-ring (bicyclic) bond motifs is 6. The van der Waals surface area contributed by atoms with Crippen molar-refractivity contribution in [2.24, 2.45) is 11.8 Å². The third-order valence-electron chi connectivity index (χ3n) is 15.1. The maximum atomic E-state index is 13.4. The molecule has 0 radical (unpaired) electrons. The highest BCUT2D eigenvalue weighted by Gasteiger charge is 2.40. The number of hydrogen-bond donors (Lipinski definition) is 1. The number of non-ortho nitro benzene ring substituents is 2. The van der Waals surface area contributed by atoms with Crippen molar-refractivity contribution in [2.45, 2.75) is 100 Å². The third kappa shape index (κ3) is 12.1. The van der Waals surface area contributed by atoms with E-state index in [-0.39, 0.29) is 62.2 Å². The molecule has 2 aliphatic carbocycles. The SMILES string of the molecule is CCC1CC(O)CC1c1nnc2cnc3c(ccn3S(=O)(=O)c3ccc(C)cc3)n12.CCC1CC(OC(=O)Oc2ccc([N+](=O)[O-])cc2)CC1c1nnc2cnc3c(ccn3S(=O)(=O)c3ccc(C)cc3)n12.O=C(Cl)Oc1ccc([N+](=O)[O-])cc1. The maximum absolute atomic E-state index is 13.4. The van der Waals surface area contributed by atoms with Crippen molar-refractivity contribution < 1.29 is 55.6 Å². The molecule has 12 rings (SSSR count). The summed E-state index contributed by atoms with van der Waals surface area (Å²) >= 11 is 4.92. The van der Waals surface area contributed by atoms with Crippen LogP contribution in [0.2, 0.25) is 0 Å². The molecule has 4 aromatic carbocycles. The molecule has 6 unspecified atom stereocenters. The average Bonchev–Trinajstić information content (AvgIpc) is 1.78. The molecule has 0 aliphatic heterocycles. The molecule has 0 saturated heterocycles. The molecule has 6 aromatic heterocycles. The van der Waals surface area contributed by atoms with Crippen LogP contribution in [0.3, 0.4) is 0 Å². The number of halogens is 1. The molecule has 2 fully saturated rings. The zero-order chi connectivity index (χ0) is 60.5. The highest BCUT2D eigenvalue weighted by atomic mass is 35.5. The molecule has 440 valence electrons. The predicted molar refractivity (Wildman–Crippen MR) is 307 cm³/mol. The number of carbonyl (C=O) groups is 2. The fourth-order valence-corrected chi connectivity index (χ4v) is 13.5. The first-order valence-electron chi connectivity index (χ1n) is 26.6. The minimum atomic E-state index is -3.90. The Bertz CT molecular complexity index is 4380. The number of nitrogens with zero attached hydrogens (tertiary/aromatic N) is 12. The molecule has 6 atom stereocenters. The molecule has 29 heteroatoms. The van der Waals surface area contributed by atoms with E-state index < -0.39 is 47.6 Å². The molecule has 0 amide bonds. The van der Waals surface area contributed by atoms with Gasteiger partial charge in [-0.15, -0.1) is 20.4 Å². The van der Waals surface area contributed by atoms with E-state index in [1.54, 1.807) is 66.9 Å². The number of aliphatic hydroxyl groups is 1. The van der Waals surface area contributed by atoms with Crippen molar-refractivity contribution >= 4 is 88.2 Å². The van der Waals surface area contributed by atoms with E-state index in [1.165, 1.54) is 71.1 Å². The Morgan fingerprint density at radius 1 is 0.600 bits per heavy atom. The van der Waals surface area contributed by atoms with Crippen LogP contribution < -0.4 is 9.47 Å². The molecule has 1 N–H and O–H groups in total. The number of aryl methyl sites for hydroxylation is 2. The number of carbonyl (C=O) groups excluding carboxylic acids is 2. The van der Waals surface area contributed by atoms with Crippen LogP contribution in [0.15, 0.2) is 144 Å². The Labute approximate surface area is 489 Å². The highest BCUT2D eigenvalue weighted by molar-refractivity contribution is 7.90. The Morgan fingerprint density at radius 3 is 1.45 bits per heavy atom. The van der Waals surface area contributed by atoms with Crippen molar-refractivity contribution in [3.05, 3.63) is 177 Å². The molecule has 85 heavy (non-hydrogen) atoms. The van der Waals surface area contributed by atoms with Gasteiger partial charge in [0.1, 0.15) is 29.3 Å². The molecule has 0 spiro atoms. The number of nitro groups is 2. The summed E-state index contributed by atoms with van der Waals surface area (Å²) in [6, 6.07) is 27.0. The number of nitro benzene ring substituents is 2. The van der Waals surface area contributed by atoms with E-state index in [1.807, 2.05) is 29.6 Å². The maximum Gasteiger partial charge on any atom is 0.514 e. The van der Waals surface area contributed by atoms with Crippen molar-refractivity contribution in [3.8, 4) is 11.5 Å².